The number of carbonyl (C=O) groups is 2. The average molecular weight is 408 g/mol. The van der Waals surface area contributed by atoms with Crippen molar-refractivity contribution in [3.8, 4) is 5.75 Å². The van der Waals surface area contributed by atoms with Gasteiger partial charge in [0.15, 0.2) is 0 Å². The topological polar surface area (TPSA) is 82.8 Å². The van der Waals surface area contributed by atoms with Crippen LogP contribution in [0.3, 0.4) is 0 Å². The first-order valence-electron chi connectivity index (χ1n) is 9.21. The molecule has 0 bridgehead atoms. The van der Waals surface area contributed by atoms with Crippen LogP contribution in [0.2, 0.25) is 0 Å². The van der Waals surface area contributed by atoms with Gasteiger partial charge in [-0.05, 0) is 43.3 Å². The molecule has 1 aromatic heterocycles. The van der Waals surface area contributed by atoms with Crippen molar-refractivity contribution >= 4 is 29.3 Å². The Labute approximate surface area is 172 Å². The van der Waals surface area contributed by atoms with Crippen molar-refractivity contribution in [3.05, 3.63) is 77.7 Å². The van der Waals surface area contributed by atoms with Crippen molar-refractivity contribution in [2.75, 3.05) is 5.32 Å². The number of para-hydroxylation sites is 1. The highest BCUT2D eigenvalue weighted by Crippen LogP contribution is 2.36. The van der Waals surface area contributed by atoms with Crippen LogP contribution in [-0.4, -0.2) is 27.1 Å². The van der Waals surface area contributed by atoms with E-state index in [0.717, 1.165) is 4.90 Å². The van der Waals surface area contributed by atoms with Crippen LogP contribution in [0.4, 0.5) is 5.69 Å². The summed E-state index contributed by atoms with van der Waals surface area (Å²) in [4.78, 5) is 27.8. The van der Waals surface area contributed by atoms with E-state index in [0.29, 0.717) is 22.6 Å². The van der Waals surface area contributed by atoms with Crippen molar-refractivity contribution < 1.29 is 19.1 Å². The number of hydrogen-bond acceptors (Lipinski definition) is 5. The van der Waals surface area contributed by atoms with Crippen molar-refractivity contribution in [2.24, 2.45) is 0 Å². The SMILES string of the molecule is CC1Sc2ccc(C(=O)N(Cc3ccco3)Cc3ccccc3O)cc2NC1=O. The predicted octanol–water partition coefficient (Wildman–Crippen LogP) is 4.26. The number of fused-ring (bicyclic) bond motifs is 1. The van der Waals surface area contributed by atoms with Crippen LogP contribution < -0.4 is 5.32 Å². The zero-order valence-corrected chi connectivity index (χ0v) is 16.6. The molecular formula is C22H20N2O4S. The van der Waals surface area contributed by atoms with Crippen molar-refractivity contribution in [2.45, 2.75) is 30.2 Å². The van der Waals surface area contributed by atoms with Gasteiger partial charge in [0.05, 0.1) is 30.3 Å². The summed E-state index contributed by atoms with van der Waals surface area (Å²) in [6.07, 6.45) is 1.56. The first-order valence-corrected chi connectivity index (χ1v) is 10.1. The van der Waals surface area contributed by atoms with Gasteiger partial charge >= 0.3 is 0 Å². The maximum Gasteiger partial charge on any atom is 0.254 e. The molecule has 0 saturated carbocycles. The van der Waals surface area contributed by atoms with E-state index in [1.54, 1.807) is 53.6 Å². The van der Waals surface area contributed by atoms with Crippen LogP contribution in [0.1, 0.15) is 28.6 Å². The summed E-state index contributed by atoms with van der Waals surface area (Å²) >= 11 is 1.47. The Morgan fingerprint density at radius 1 is 1.17 bits per heavy atom. The number of phenolic OH excluding ortho intramolecular Hbond substituents is 1. The molecule has 1 aliphatic heterocycles. The lowest BCUT2D eigenvalue weighted by Gasteiger charge is -2.25. The minimum Gasteiger partial charge on any atom is -0.508 e. The quantitative estimate of drug-likeness (QED) is 0.659. The number of nitrogens with one attached hydrogen (secondary N) is 1. The normalized spacial score (nSPS) is 15.5. The molecular weight excluding hydrogens is 388 g/mol. The maximum atomic E-state index is 13.3. The zero-order valence-electron chi connectivity index (χ0n) is 15.8. The summed E-state index contributed by atoms with van der Waals surface area (Å²) in [7, 11) is 0. The van der Waals surface area contributed by atoms with Gasteiger partial charge in [-0.2, -0.15) is 0 Å². The average Bonchev–Trinajstić information content (AvgIpc) is 3.22. The third-order valence-corrected chi connectivity index (χ3v) is 5.90. The lowest BCUT2D eigenvalue weighted by molar-refractivity contribution is -0.115. The Balaban J connectivity index is 1.63. The van der Waals surface area contributed by atoms with Crippen LogP contribution >= 0.6 is 11.8 Å². The molecule has 2 heterocycles. The number of aromatic hydroxyl groups is 1. The molecule has 6 nitrogen and oxygen atoms in total. The maximum absolute atomic E-state index is 13.3. The fraction of sp³-hybridized carbons (Fsp3) is 0.182. The van der Waals surface area contributed by atoms with Crippen LogP contribution in [-0.2, 0) is 17.9 Å². The number of hydrogen-bond donors (Lipinski definition) is 2. The molecule has 0 fully saturated rings. The number of nitrogens with zero attached hydrogens (tertiary/aromatic N) is 1. The highest BCUT2D eigenvalue weighted by molar-refractivity contribution is 8.00. The Morgan fingerprint density at radius 2 is 2.00 bits per heavy atom. The van der Waals surface area contributed by atoms with Gasteiger partial charge in [-0.3, -0.25) is 9.59 Å². The number of anilines is 1. The standard InChI is InChI=1S/C22H20N2O4S/c1-14-21(26)23-18-11-15(8-9-20(18)29-14)22(27)24(13-17-6-4-10-28-17)12-16-5-2-3-7-19(16)25/h2-11,14,25H,12-13H2,1H3,(H,23,26). The van der Waals surface area contributed by atoms with Gasteiger partial charge in [0, 0.05) is 16.0 Å². The molecule has 0 spiro atoms. The minimum atomic E-state index is -0.217. The van der Waals surface area contributed by atoms with E-state index in [1.807, 2.05) is 19.1 Å². The number of phenols is 1. The van der Waals surface area contributed by atoms with Gasteiger partial charge in [0.1, 0.15) is 11.5 Å². The first-order chi connectivity index (χ1) is 14.0. The first kappa shape index (κ1) is 19.1. The summed E-state index contributed by atoms with van der Waals surface area (Å²) < 4.78 is 5.42. The number of thioether (sulfide) groups is 1. The highest BCUT2D eigenvalue weighted by atomic mass is 32.2. The van der Waals surface area contributed by atoms with Crippen LogP contribution in [0.5, 0.6) is 5.75 Å². The van der Waals surface area contributed by atoms with Crippen molar-refractivity contribution in [1.29, 1.82) is 0 Å². The summed E-state index contributed by atoms with van der Waals surface area (Å²) in [6, 6.07) is 15.8. The van der Waals surface area contributed by atoms with Gasteiger partial charge in [-0.1, -0.05) is 18.2 Å². The van der Waals surface area contributed by atoms with E-state index in [1.165, 1.54) is 11.8 Å². The van der Waals surface area contributed by atoms with Crippen molar-refractivity contribution in [3.63, 3.8) is 0 Å². The summed E-state index contributed by atoms with van der Waals surface area (Å²) in [6.45, 7) is 2.33. The van der Waals surface area contributed by atoms with Gasteiger partial charge in [0.25, 0.3) is 5.91 Å². The molecule has 1 aliphatic rings. The van der Waals surface area contributed by atoms with Gasteiger partial charge in [-0.15, -0.1) is 11.8 Å². The zero-order chi connectivity index (χ0) is 20.4. The minimum absolute atomic E-state index is 0.0752. The monoisotopic (exact) mass is 408 g/mol. The fourth-order valence-electron chi connectivity index (χ4n) is 3.16. The molecule has 29 heavy (non-hydrogen) atoms. The number of amides is 2. The van der Waals surface area contributed by atoms with Crippen molar-refractivity contribution in [1.82, 2.24) is 4.90 Å². The Hall–Kier alpha value is -3.19. The smallest absolute Gasteiger partial charge is 0.254 e. The fourth-order valence-corrected chi connectivity index (χ4v) is 4.10. The lowest BCUT2D eigenvalue weighted by Crippen LogP contribution is -2.31. The van der Waals surface area contributed by atoms with Crippen LogP contribution in [0.25, 0.3) is 0 Å². The molecule has 4 rings (SSSR count). The summed E-state index contributed by atoms with van der Waals surface area (Å²) in [5, 5.41) is 12.8. The Morgan fingerprint density at radius 3 is 2.76 bits per heavy atom. The molecule has 1 atom stereocenters. The van der Waals surface area contributed by atoms with E-state index in [-0.39, 0.29) is 35.9 Å². The number of rotatable bonds is 5. The Kier molecular flexibility index (Phi) is 5.31. The molecule has 7 heteroatoms. The molecule has 148 valence electrons. The number of benzene rings is 2. The third-order valence-electron chi connectivity index (χ3n) is 4.72. The number of furan rings is 1. The van der Waals surface area contributed by atoms with Gasteiger partial charge in [0.2, 0.25) is 5.91 Å². The second kappa shape index (κ2) is 8.05. The Bertz CT molecular complexity index is 1050. The van der Waals surface area contributed by atoms with Crippen LogP contribution in [0, 0.1) is 0 Å². The molecule has 0 saturated heterocycles. The molecule has 1 unspecified atom stereocenters. The van der Waals surface area contributed by atoms with E-state index in [4.69, 9.17) is 4.42 Å². The van der Waals surface area contributed by atoms with E-state index >= 15 is 0 Å². The van der Waals surface area contributed by atoms with E-state index in [2.05, 4.69) is 5.32 Å². The molecule has 0 aliphatic carbocycles. The molecule has 2 aromatic carbocycles. The van der Waals surface area contributed by atoms with Crippen LogP contribution in [0.15, 0.2) is 70.2 Å². The largest absolute Gasteiger partial charge is 0.508 e. The third kappa shape index (κ3) is 4.14. The van der Waals surface area contributed by atoms with E-state index < -0.39 is 0 Å². The predicted molar refractivity (Wildman–Crippen MR) is 111 cm³/mol. The summed E-state index contributed by atoms with van der Waals surface area (Å²) in [5.41, 5.74) is 1.74. The van der Waals surface area contributed by atoms with Gasteiger partial charge in [-0.25, -0.2) is 0 Å². The molecule has 3 aromatic rings. The van der Waals surface area contributed by atoms with Gasteiger partial charge < -0.3 is 19.7 Å². The molecule has 0 radical (unpaired) electrons. The molecule has 2 amide bonds. The molecule has 2 N–H and O–H groups in total. The van der Waals surface area contributed by atoms with E-state index in [9.17, 15) is 14.7 Å². The second-order valence-electron chi connectivity index (χ2n) is 6.83. The lowest BCUT2D eigenvalue weighted by atomic mass is 10.1. The second-order valence-corrected chi connectivity index (χ2v) is 8.21. The number of carbonyl (C=O) groups excluding carboxylic acids is 2. The summed E-state index contributed by atoms with van der Waals surface area (Å²) in [5.74, 6) is 0.483. The highest BCUT2D eigenvalue weighted by Gasteiger charge is 2.25.